The Labute approximate surface area is 112 Å². The first-order valence-electron chi connectivity index (χ1n) is 6.32. The lowest BCUT2D eigenvalue weighted by Crippen LogP contribution is -1.92. The van der Waals surface area contributed by atoms with E-state index in [1.54, 1.807) is 0 Å². The Kier molecular flexibility index (Phi) is 3.04. The summed E-state index contributed by atoms with van der Waals surface area (Å²) in [6.07, 6.45) is 1.28. The van der Waals surface area contributed by atoms with Crippen LogP contribution in [-0.2, 0) is 0 Å². The molecule has 0 bridgehead atoms. The maximum absolute atomic E-state index is 5.95. The van der Waals surface area contributed by atoms with Crippen molar-refractivity contribution in [2.75, 3.05) is 5.73 Å². The zero-order chi connectivity index (χ0) is 12.5. The molecule has 1 aliphatic carbocycles. The van der Waals surface area contributed by atoms with Gasteiger partial charge < -0.3 is 5.73 Å². The highest BCUT2D eigenvalue weighted by Crippen LogP contribution is 2.52. The third kappa shape index (κ3) is 2.25. The Hall–Kier alpha value is -1.41. The quantitative estimate of drug-likeness (QED) is 0.831. The second kappa shape index (κ2) is 4.69. The Bertz CT molecular complexity index is 550. The maximum Gasteiger partial charge on any atom is 0.0354 e. The molecule has 2 aromatic carbocycles. The van der Waals surface area contributed by atoms with Gasteiger partial charge in [0.25, 0.3) is 0 Å². The van der Waals surface area contributed by atoms with E-state index in [0.29, 0.717) is 5.25 Å². The first-order valence-corrected chi connectivity index (χ1v) is 7.20. The zero-order valence-corrected chi connectivity index (χ0v) is 11.3. The van der Waals surface area contributed by atoms with Crippen molar-refractivity contribution in [2.45, 2.75) is 29.4 Å². The van der Waals surface area contributed by atoms with Crippen molar-refractivity contribution >= 4 is 17.4 Å². The van der Waals surface area contributed by atoms with Gasteiger partial charge in [0, 0.05) is 15.8 Å². The molecule has 2 aromatic rings. The van der Waals surface area contributed by atoms with Gasteiger partial charge in [0.15, 0.2) is 0 Å². The van der Waals surface area contributed by atoms with Crippen LogP contribution in [0.15, 0.2) is 53.4 Å². The van der Waals surface area contributed by atoms with E-state index in [2.05, 4.69) is 43.3 Å². The number of hydrogen-bond acceptors (Lipinski definition) is 2. The minimum atomic E-state index is 0.716. The molecule has 2 atom stereocenters. The van der Waals surface area contributed by atoms with E-state index in [9.17, 15) is 0 Å². The van der Waals surface area contributed by atoms with Crippen molar-refractivity contribution in [1.29, 1.82) is 0 Å². The molecule has 1 nitrogen and oxygen atoms in total. The van der Waals surface area contributed by atoms with Crippen LogP contribution in [0.4, 0.5) is 5.69 Å². The van der Waals surface area contributed by atoms with Crippen molar-refractivity contribution in [3.05, 3.63) is 59.7 Å². The fraction of sp³-hybridized carbons (Fsp3) is 0.250. The van der Waals surface area contributed by atoms with E-state index >= 15 is 0 Å². The maximum atomic E-state index is 5.95. The molecule has 0 aromatic heterocycles. The highest BCUT2D eigenvalue weighted by molar-refractivity contribution is 8.00. The Morgan fingerprint density at radius 2 is 1.83 bits per heavy atom. The van der Waals surface area contributed by atoms with Crippen LogP contribution >= 0.6 is 11.8 Å². The Balaban J connectivity index is 1.71. The third-order valence-electron chi connectivity index (χ3n) is 3.56. The standard InChI is InChI=1S/C16H17NS/c1-11-14(17)8-5-9-15(11)18-16-10-13(16)12-6-3-2-4-7-12/h2-9,13,16H,10,17H2,1H3. The molecule has 1 fully saturated rings. The highest BCUT2D eigenvalue weighted by Gasteiger charge is 2.39. The van der Waals surface area contributed by atoms with Gasteiger partial charge in [-0.05, 0) is 42.5 Å². The average Bonchev–Trinajstić information content (AvgIpc) is 3.15. The monoisotopic (exact) mass is 255 g/mol. The number of hydrogen-bond donors (Lipinski definition) is 1. The zero-order valence-electron chi connectivity index (χ0n) is 10.5. The number of benzene rings is 2. The molecule has 2 unspecified atom stereocenters. The highest BCUT2D eigenvalue weighted by atomic mass is 32.2. The fourth-order valence-electron chi connectivity index (χ4n) is 2.28. The summed E-state index contributed by atoms with van der Waals surface area (Å²) in [5.41, 5.74) is 9.54. The molecule has 3 rings (SSSR count). The van der Waals surface area contributed by atoms with E-state index in [1.807, 2.05) is 23.9 Å². The summed E-state index contributed by atoms with van der Waals surface area (Å²) >= 11 is 1.97. The molecule has 0 aliphatic heterocycles. The van der Waals surface area contributed by atoms with Crippen LogP contribution in [0, 0.1) is 6.92 Å². The van der Waals surface area contributed by atoms with Crippen molar-refractivity contribution in [3.63, 3.8) is 0 Å². The Morgan fingerprint density at radius 3 is 2.61 bits per heavy atom. The lowest BCUT2D eigenvalue weighted by atomic mass is 10.1. The van der Waals surface area contributed by atoms with Crippen LogP contribution in [0.1, 0.15) is 23.5 Å². The lowest BCUT2D eigenvalue weighted by Gasteiger charge is -2.07. The van der Waals surface area contributed by atoms with E-state index in [4.69, 9.17) is 5.73 Å². The molecule has 0 radical (unpaired) electrons. The topological polar surface area (TPSA) is 26.0 Å². The molecule has 0 amide bonds. The molecule has 1 saturated carbocycles. The first kappa shape index (κ1) is 11.7. The van der Waals surface area contributed by atoms with Crippen LogP contribution in [-0.4, -0.2) is 5.25 Å². The molecular weight excluding hydrogens is 238 g/mol. The van der Waals surface area contributed by atoms with Crippen molar-refractivity contribution < 1.29 is 0 Å². The van der Waals surface area contributed by atoms with Gasteiger partial charge in [0.2, 0.25) is 0 Å². The van der Waals surface area contributed by atoms with E-state index < -0.39 is 0 Å². The van der Waals surface area contributed by atoms with Crippen LogP contribution in [0.25, 0.3) is 0 Å². The van der Waals surface area contributed by atoms with Gasteiger partial charge in [0.1, 0.15) is 0 Å². The summed E-state index contributed by atoms with van der Waals surface area (Å²) in [6, 6.07) is 17.0. The van der Waals surface area contributed by atoms with Gasteiger partial charge in [0.05, 0.1) is 0 Å². The normalized spacial score (nSPS) is 21.8. The molecule has 0 heterocycles. The predicted octanol–water partition coefficient (Wildman–Crippen LogP) is 4.23. The molecule has 1 aliphatic rings. The largest absolute Gasteiger partial charge is 0.398 e. The summed E-state index contributed by atoms with van der Waals surface area (Å²) in [7, 11) is 0. The van der Waals surface area contributed by atoms with Gasteiger partial charge in [-0.2, -0.15) is 0 Å². The molecule has 18 heavy (non-hydrogen) atoms. The number of anilines is 1. The lowest BCUT2D eigenvalue weighted by molar-refractivity contribution is 1.13. The summed E-state index contributed by atoms with van der Waals surface area (Å²) in [5, 5.41) is 0.716. The van der Waals surface area contributed by atoms with Gasteiger partial charge in [-0.15, -0.1) is 11.8 Å². The van der Waals surface area contributed by atoms with Crippen LogP contribution in [0.2, 0.25) is 0 Å². The molecule has 0 spiro atoms. The van der Waals surface area contributed by atoms with Crippen LogP contribution < -0.4 is 5.73 Å². The molecule has 2 heteroatoms. The van der Waals surface area contributed by atoms with E-state index in [1.165, 1.54) is 22.4 Å². The molecule has 92 valence electrons. The van der Waals surface area contributed by atoms with Crippen LogP contribution in [0.3, 0.4) is 0 Å². The minimum absolute atomic E-state index is 0.716. The Morgan fingerprint density at radius 1 is 1.06 bits per heavy atom. The van der Waals surface area contributed by atoms with Crippen molar-refractivity contribution in [1.82, 2.24) is 0 Å². The van der Waals surface area contributed by atoms with Crippen molar-refractivity contribution in [2.24, 2.45) is 0 Å². The fourth-order valence-corrected chi connectivity index (χ4v) is 3.68. The molecule has 0 saturated heterocycles. The average molecular weight is 255 g/mol. The number of thioether (sulfide) groups is 1. The minimum Gasteiger partial charge on any atom is -0.398 e. The summed E-state index contributed by atoms with van der Waals surface area (Å²) in [4.78, 5) is 1.33. The summed E-state index contributed by atoms with van der Waals surface area (Å²) in [5.74, 6) is 0.719. The predicted molar refractivity (Wildman–Crippen MR) is 79.0 cm³/mol. The second-order valence-electron chi connectivity index (χ2n) is 4.88. The van der Waals surface area contributed by atoms with Crippen molar-refractivity contribution in [3.8, 4) is 0 Å². The van der Waals surface area contributed by atoms with Gasteiger partial charge in [-0.3, -0.25) is 0 Å². The first-order chi connectivity index (χ1) is 8.75. The van der Waals surface area contributed by atoms with Gasteiger partial charge >= 0.3 is 0 Å². The smallest absolute Gasteiger partial charge is 0.0354 e. The van der Waals surface area contributed by atoms with E-state index in [0.717, 1.165) is 11.6 Å². The van der Waals surface area contributed by atoms with E-state index in [-0.39, 0.29) is 0 Å². The van der Waals surface area contributed by atoms with Crippen LogP contribution in [0.5, 0.6) is 0 Å². The molecule has 2 N–H and O–H groups in total. The van der Waals surface area contributed by atoms with Gasteiger partial charge in [-0.25, -0.2) is 0 Å². The van der Waals surface area contributed by atoms with Gasteiger partial charge in [-0.1, -0.05) is 36.4 Å². The number of nitrogen functional groups attached to an aromatic ring is 1. The number of nitrogens with two attached hydrogens (primary N) is 1. The molecular formula is C16H17NS. The SMILES string of the molecule is Cc1c(N)cccc1SC1CC1c1ccccc1. The number of rotatable bonds is 3. The summed E-state index contributed by atoms with van der Waals surface area (Å²) < 4.78 is 0. The summed E-state index contributed by atoms with van der Waals surface area (Å²) in [6.45, 7) is 2.11. The third-order valence-corrected chi connectivity index (χ3v) is 5.08. The second-order valence-corrected chi connectivity index (χ2v) is 6.16.